The predicted octanol–water partition coefficient (Wildman–Crippen LogP) is 4.25. The van der Waals surface area contributed by atoms with Gasteiger partial charge in [0.05, 0.1) is 5.52 Å². The van der Waals surface area contributed by atoms with Crippen molar-refractivity contribution in [2.75, 3.05) is 0 Å². The number of nitrogens with zero attached hydrogens (tertiary/aromatic N) is 2. The first-order valence-corrected chi connectivity index (χ1v) is 8.00. The average molecular weight is 324 g/mol. The van der Waals surface area contributed by atoms with Crippen LogP contribution in [-0.2, 0) is 4.79 Å². The number of rotatable bonds is 4. The fourth-order valence-corrected chi connectivity index (χ4v) is 3.27. The molecule has 0 bridgehead atoms. The van der Waals surface area contributed by atoms with E-state index in [2.05, 4.69) is 16.0 Å². The molecular formula is C18H16N2O2S. The van der Waals surface area contributed by atoms with Crippen LogP contribution in [0.1, 0.15) is 13.8 Å². The first kappa shape index (κ1) is 15.5. The van der Waals surface area contributed by atoms with Crippen LogP contribution in [0.3, 0.4) is 0 Å². The Morgan fingerprint density at radius 1 is 1.17 bits per heavy atom. The highest BCUT2D eigenvalue weighted by molar-refractivity contribution is 8.01. The van der Waals surface area contributed by atoms with E-state index >= 15 is 0 Å². The SMILES string of the molecule is CC(C)(Sc1ccncc1-c1cnc2ccccc2c1)C(=O)O. The molecule has 0 saturated heterocycles. The van der Waals surface area contributed by atoms with Gasteiger partial charge in [-0.2, -0.15) is 0 Å². The van der Waals surface area contributed by atoms with Crippen molar-refractivity contribution >= 4 is 28.6 Å². The van der Waals surface area contributed by atoms with Gasteiger partial charge in [0, 0.05) is 40.0 Å². The van der Waals surface area contributed by atoms with Gasteiger partial charge >= 0.3 is 5.97 Å². The van der Waals surface area contributed by atoms with Gasteiger partial charge in [0.2, 0.25) is 0 Å². The van der Waals surface area contributed by atoms with E-state index in [-0.39, 0.29) is 0 Å². The van der Waals surface area contributed by atoms with Gasteiger partial charge in [-0.15, -0.1) is 11.8 Å². The predicted molar refractivity (Wildman–Crippen MR) is 92.5 cm³/mol. The number of para-hydroxylation sites is 1. The molecule has 1 N–H and O–H groups in total. The Bertz CT molecular complexity index is 878. The topological polar surface area (TPSA) is 63.1 Å². The maximum Gasteiger partial charge on any atom is 0.319 e. The molecule has 0 spiro atoms. The molecule has 0 aliphatic heterocycles. The quantitative estimate of drug-likeness (QED) is 0.727. The number of pyridine rings is 2. The Morgan fingerprint density at radius 2 is 1.96 bits per heavy atom. The summed E-state index contributed by atoms with van der Waals surface area (Å²) in [4.78, 5) is 20.9. The molecule has 0 fully saturated rings. The number of thioether (sulfide) groups is 1. The van der Waals surface area contributed by atoms with Crippen LogP contribution in [-0.4, -0.2) is 25.8 Å². The molecule has 3 aromatic rings. The number of carboxylic acid groups (broad SMARTS) is 1. The summed E-state index contributed by atoms with van der Waals surface area (Å²) in [5, 5.41) is 10.4. The summed E-state index contributed by atoms with van der Waals surface area (Å²) in [5.41, 5.74) is 2.76. The summed E-state index contributed by atoms with van der Waals surface area (Å²) in [6, 6.07) is 11.8. The monoisotopic (exact) mass is 324 g/mol. The van der Waals surface area contributed by atoms with Gasteiger partial charge in [0.1, 0.15) is 4.75 Å². The van der Waals surface area contributed by atoms with E-state index in [1.54, 1.807) is 32.4 Å². The van der Waals surface area contributed by atoms with Gasteiger partial charge in [0.25, 0.3) is 0 Å². The highest BCUT2D eigenvalue weighted by Crippen LogP contribution is 2.38. The van der Waals surface area contributed by atoms with E-state index in [4.69, 9.17) is 0 Å². The Kier molecular flexibility index (Phi) is 4.05. The lowest BCUT2D eigenvalue weighted by Gasteiger charge is -2.20. The van der Waals surface area contributed by atoms with Crippen molar-refractivity contribution in [3.8, 4) is 11.1 Å². The normalized spacial score (nSPS) is 11.6. The minimum atomic E-state index is -0.916. The highest BCUT2D eigenvalue weighted by atomic mass is 32.2. The Labute approximate surface area is 138 Å². The molecule has 1 aromatic carbocycles. The molecule has 116 valence electrons. The molecule has 0 saturated carbocycles. The first-order chi connectivity index (χ1) is 11.0. The van der Waals surface area contributed by atoms with Crippen LogP contribution >= 0.6 is 11.8 Å². The zero-order valence-corrected chi connectivity index (χ0v) is 13.7. The Balaban J connectivity index is 2.07. The Hall–Kier alpha value is -2.40. The third-order valence-electron chi connectivity index (χ3n) is 3.56. The van der Waals surface area contributed by atoms with Gasteiger partial charge < -0.3 is 5.11 Å². The summed E-state index contributed by atoms with van der Waals surface area (Å²) in [6.07, 6.45) is 5.24. The van der Waals surface area contributed by atoms with E-state index in [1.165, 1.54) is 11.8 Å². The number of aromatic nitrogens is 2. The third-order valence-corrected chi connectivity index (χ3v) is 4.82. The third kappa shape index (κ3) is 3.19. The van der Waals surface area contributed by atoms with Crippen molar-refractivity contribution < 1.29 is 9.90 Å². The molecule has 23 heavy (non-hydrogen) atoms. The lowest BCUT2D eigenvalue weighted by atomic mass is 10.1. The lowest BCUT2D eigenvalue weighted by Crippen LogP contribution is -2.27. The van der Waals surface area contributed by atoms with E-state index in [1.807, 2.05) is 30.3 Å². The standard InChI is InChI=1S/C18H16N2O2S/c1-18(2,17(21)22)23-16-7-8-19-11-14(16)13-9-12-5-3-4-6-15(12)20-10-13/h3-11H,1-2H3,(H,21,22). The first-order valence-electron chi connectivity index (χ1n) is 7.19. The summed E-state index contributed by atoms with van der Waals surface area (Å²) < 4.78 is -0.916. The van der Waals surface area contributed by atoms with Crippen molar-refractivity contribution in [1.82, 2.24) is 9.97 Å². The number of aliphatic carboxylic acids is 1. The van der Waals surface area contributed by atoms with Crippen molar-refractivity contribution in [3.05, 3.63) is 55.0 Å². The van der Waals surface area contributed by atoms with Crippen LogP contribution in [0.25, 0.3) is 22.0 Å². The van der Waals surface area contributed by atoms with Gasteiger partial charge in [-0.3, -0.25) is 14.8 Å². The van der Waals surface area contributed by atoms with Crippen molar-refractivity contribution in [3.63, 3.8) is 0 Å². The lowest BCUT2D eigenvalue weighted by molar-refractivity contribution is -0.138. The number of hydrogen-bond acceptors (Lipinski definition) is 4. The molecule has 2 aromatic heterocycles. The van der Waals surface area contributed by atoms with E-state index in [9.17, 15) is 9.90 Å². The summed E-state index contributed by atoms with van der Waals surface area (Å²) >= 11 is 1.31. The largest absolute Gasteiger partial charge is 0.480 e. The van der Waals surface area contributed by atoms with Crippen molar-refractivity contribution in [2.45, 2.75) is 23.5 Å². The molecule has 0 atom stereocenters. The van der Waals surface area contributed by atoms with Gasteiger partial charge in [0.15, 0.2) is 0 Å². The summed E-state index contributed by atoms with van der Waals surface area (Å²) in [7, 11) is 0. The van der Waals surface area contributed by atoms with E-state index in [0.717, 1.165) is 26.9 Å². The fourth-order valence-electron chi connectivity index (χ4n) is 2.22. The number of fused-ring (bicyclic) bond motifs is 1. The van der Waals surface area contributed by atoms with E-state index < -0.39 is 10.7 Å². The second-order valence-electron chi connectivity index (χ2n) is 5.71. The van der Waals surface area contributed by atoms with Crippen LogP contribution in [0.2, 0.25) is 0 Å². The van der Waals surface area contributed by atoms with Crippen LogP contribution in [0.15, 0.2) is 59.9 Å². The summed E-state index contributed by atoms with van der Waals surface area (Å²) in [6.45, 7) is 3.39. The number of benzene rings is 1. The van der Waals surface area contributed by atoms with Crippen LogP contribution in [0.5, 0.6) is 0 Å². The maximum absolute atomic E-state index is 11.4. The van der Waals surface area contributed by atoms with E-state index in [0.29, 0.717) is 0 Å². The van der Waals surface area contributed by atoms with Crippen LogP contribution in [0.4, 0.5) is 0 Å². The number of hydrogen-bond donors (Lipinski definition) is 1. The Morgan fingerprint density at radius 3 is 2.74 bits per heavy atom. The minimum absolute atomic E-state index is 0.845. The van der Waals surface area contributed by atoms with Gasteiger partial charge in [-0.05, 0) is 32.0 Å². The maximum atomic E-state index is 11.4. The smallest absolute Gasteiger partial charge is 0.319 e. The number of carboxylic acids is 1. The molecule has 5 heteroatoms. The average Bonchev–Trinajstić information content (AvgIpc) is 2.54. The van der Waals surface area contributed by atoms with Gasteiger partial charge in [-0.1, -0.05) is 18.2 Å². The zero-order valence-electron chi connectivity index (χ0n) is 12.9. The number of carbonyl (C=O) groups is 1. The molecule has 0 radical (unpaired) electrons. The van der Waals surface area contributed by atoms with Crippen LogP contribution in [0, 0.1) is 0 Å². The molecule has 0 unspecified atom stereocenters. The second kappa shape index (κ2) is 6.01. The molecule has 0 aliphatic rings. The molecule has 2 heterocycles. The molecule has 3 rings (SSSR count). The fraction of sp³-hybridized carbons (Fsp3) is 0.167. The zero-order chi connectivity index (χ0) is 16.4. The molecule has 0 aliphatic carbocycles. The van der Waals surface area contributed by atoms with Gasteiger partial charge in [-0.25, -0.2) is 0 Å². The minimum Gasteiger partial charge on any atom is -0.480 e. The highest BCUT2D eigenvalue weighted by Gasteiger charge is 2.29. The summed E-state index contributed by atoms with van der Waals surface area (Å²) in [5.74, 6) is -0.845. The molecule has 0 amide bonds. The molecular weight excluding hydrogens is 308 g/mol. The van der Waals surface area contributed by atoms with Crippen molar-refractivity contribution in [1.29, 1.82) is 0 Å². The van der Waals surface area contributed by atoms with Crippen LogP contribution < -0.4 is 0 Å². The second-order valence-corrected chi connectivity index (χ2v) is 7.37. The molecule has 4 nitrogen and oxygen atoms in total. The van der Waals surface area contributed by atoms with Crippen molar-refractivity contribution in [2.24, 2.45) is 0 Å².